The number of amides is 1. The summed E-state index contributed by atoms with van der Waals surface area (Å²) in [4.78, 5) is 41.9. The molecular formula is C24H22N4O4S. The molecule has 0 saturated carbocycles. The van der Waals surface area contributed by atoms with Gasteiger partial charge in [-0.2, -0.15) is 5.10 Å². The highest BCUT2D eigenvalue weighted by Gasteiger charge is 2.19. The molecule has 0 radical (unpaired) electrons. The minimum absolute atomic E-state index is 0.00822. The number of ether oxygens (including phenoxy) is 1. The number of thiazole rings is 1. The lowest BCUT2D eigenvalue weighted by atomic mass is 10.1. The molecule has 0 saturated heterocycles. The summed E-state index contributed by atoms with van der Waals surface area (Å²) in [6.07, 6.45) is 0. The number of fused-ring (bicyclic) bond motifs is 1. The minimum atomic E-state index is -0.779. The quantitative estimate of drug-likeness (QED) is 0.435. The molecule has 2 heterocycles. The fourth-order valence-corrected chi connectivity index (χ4v) is 4.06. The number of anilines is 1. The van der Waals surface area contributed by atoms with Crippen LogP contribution >= 0.6 is 11.3 Å². The van der Waals surface area contributed by atoms with Crippen LogP contribution in [0, 0.1) is 13.8 Å². The predicted molar refractivity (Wildman–Crippen MR) is 128 cm³/mol. The Morgan fingerprint density at radius 1 is 1.09 bits per heavy atom. The summed E-state index contributed by atoms with van der Waals surface area (Å²) < 4.78 is 6.38. The highest BCUT2D eigenvalue weighted by atomic mass is 32.1. The van der Waals surface area contributed by atoms with Crippen LogP contribution in [0.3, 0.4) is 0 Å². The van der Waals surface area contributed by atoms with Gasteiger partial charge in [0.25, 0.3) is 11.5 Å². The Bertz CT molecular complexity index is 1420. The number of carbonyl (C=O) groups is 2. The van der Waals surface area contributed by atoms with Gasteiger partial charge in [0.1, 0.15) is 0 Å². The molecular weight excluding hydrogens is 440 g/mol. The van der Waals surface area contributed by atoms with Gasteiger partial charge in [0.15, 0.2) is 17.4 Å². The van der Waals surface area contributed by atoms with Crippen LogP contribution in [0.5, 0.6) is 0 Å². The van der Waals surface area contributed by atoms with Gasteiger partial charge in [0.05, 0.1) is 11.1 Å². The molecule has 8 nitrogen and oxygen atoms in total. The maximum absolute atomic E-state index is 12.7. The van der Waals surface area contributed by atoms with Crippen molar-refractivity contribution in [1.29, 1.82) is 0 Å². The third-order valence-corrected chi connectivity index (χ3v) is 6.01. The van der Waals surface area contributed by atoms with Crippen LogP contribution in [0.15, 0.2) is 52.6 Å². The van der Waals surface area contributed by atoms with Crippen molar-refractivity contribution in [3.63, 3.8) is 0 Å². The van der Waals surface area contributed by atoms with E-state index < -0.39 is 18.5 Å². The van der Waals surface area contributed by atoms with Gasteiger partial charge in [0, 0.05) is 22.9 Å². The number of aromatic nitrogens is 3. The van der Waals surface area contributed by atoms with Gasteiger partial charge in [-0.1, -0.05) is 30.3 Å². The Morgan fingerprint density at radius 2 is 1.85 bits per heavy atom. The number of benzene rings is 2. The summed E-state index contributed by atoms with van der Waals surface area (Å²) in [5.41, 5.74) is 3.78. The molecule has 0 aliphatic heterocycles. The van der Waals surface area contributed by atoms with Crippen molar-refractivity contribution < 1.29 is 14.3 Å². The zero-order chi connectivity index (χ0) is 23.5. The fraction of sp³-hybridized carbons (Fsp3) is 0.208. The summed E-state index contributed by atoms with van der Waals surface area (Å²) in [5, 5.41) is 9.79. The van der Waals surface area contributed by atoms with Crippen LogP contribution in [-0.4, -0.2) is 33.2 Å². The lowest BCUT2D eigenvalue weighted by Crippen LogP contribution is -2.27. The first-order chi connectivity index (χ1) is 15.9. The molecule has 168 valence electrons. The summed E-state index contributed by atoms with van der Waals surface area (Å²) in [7, 11) is 0. The van der Waals surface area contributed by atoms with E-state index in [9.17, 15) is 14.4 Å². The fourth-order valence-electron chi connectivity index (χ4n) is 3.32. The first kappa shape index (κ1) is 22.3. The second-order valence-electron chi connectivity index (χ2n) is 7.48. The summed E-state index contributed by atoms with van der Waals surface area (Å²) in [6.45, 7) is 5.64. The number of rotatable bonds is 6. The lowest BCUT2D eigenvalue weighted by molar-refractivity contribution is -0.119. The molecule has 9 heteroatoms. The van der Waals surface area contributed by atoms with Crippen molar-refractivity contribution in [1.82, 2.24) is 14.8 Å². The van der Waals surface area contributed by atoms with Crippen LogP contribution in [0.4, 0.5) is 5.13 Å². The molecule has 1 N–H and O–H groups in total. The molecule has 2 aromatic heterocycles. The van der Waals surface area contributed by atoms with Gasteiger partial charge < -0.3 is 4.74 Å². The minimum Gasteiger partial charge on any atom is -0.451 e. The molecule has 0 aliphatic rings. The summed E-state index contributed by atoms with van der Waals surface area (Å²) in [5.74, 6) is -1.30. The zero-order valence-corrected chi connectivity index (χ0v) is 19.2. The number of hydrogen-bond donors (Lipinski definition) is 1. The van der Waals surface area contributed by atoms with Crippen molar-refractivity contribution in [2.75, 3.05) is 11.9 Å². The monoisotopic (exact) mass is 462 g/mol. The van der Waals surface area contributed by atoms with Crippen molar-refractivity contribution in [3.05, 3.63) is 75.0 Å². The summed E-state index contributed by atoms with van der Waals surface area (Å²) >= 11 is 1.29. The van der Waals surface area contributed by atoms with Crippen LogP contribution < -0.4 is 10.9 Å². The molecule has 1 amide bonds. The van der Waals surface area contributed by atoms with Gasteiger partial charge in [-0.25, -0.2) is 14.5 Å². The van der Waals surface area contributed by atoms with Crippen LogP contribution in [0.1, 0.15) is 28.5 Å². The molecule has 0 spiro atoms. The third kappa shape index (κ3) is 4.68. The Balaban J connectivity index is 1.44. The maximum Gasteiger partial charge on any atom is 0.359 e. The first-order valence-electron chi connectivity index (χ1n) is 10.4. The van der Waals surface area contributed by atoms with Crippen LogP contribution in [0.25, 0.3) is 22.0 Å². The van der Waals surface area contributed by atoms with E-state index in [2.05, 4.69) is 15.4 Å². The molecule has 4 rings (SSSR count). The smallest absolute Gasteiger partial charge is 0.359 e. The predicted octanol–water partition coefficient (Wildman–Crippen LogP) is 3.95. The number of carbonyl (C=O) groups excluding carboxylic acids is 2. The number of hydrogen-bond acceptors (Lipinski definition) is 7. The first-order valence-corrected chi connectivity index (χ1v) is 11.3. The topological polar surface area (TPSA) is 103 Å². The normalized spacial score (nSPS) is 10.9. The second-order valence-corrected chi connectivity index (χ2v) is 8.33. The number of nitrogens with one attached hydrogen (secondary N) is 1. The second kappa shape index (κ2) is 9.33. The molecule has 4 aromatic rings. The van der Waals surface area contributed by atoms with Gasteiger partial charge >= 0.3 is 5.97 Å². The highest BCUT2D eigenvalue weighted by Crippen LogP contribution is 2.26. The van der Waals surface area contributed by atoms with Gasteiger partial charge in [-0.05, 0) is 44.0 Å². The molecule has 33 heavy (non-hydrogen) atoms. The van der Waals surface area contributed by atoms with Crippen molar-refractivity contribution in [3.8, 4) is 11.3 Å². The van der Waals surface area contributed by atoms with E-state index in [1.807, 2.05) is 37.4 Å². The Morgan fingerprint density at radius 3 is 2.58 bits per heavy atom. The number of aryl methyl sites for hydroxylation is 3. The number of esters is 1. The van der Waals surface area contributed by atoms with Crippen LogP contribution in [0.2, 0.25) is 0 Å². The van der Waals surface area contributed by atoms with E-state index in [1.54, 1.807) is 31.2 Å². The molecule has 0 unspecified atom stereocenters. The van der Waals surface area contributed by atoms with E-state index in [-0.39, 0.29) is 11.3 Å². The Labute approximate surface area is 193 Å². The van der Waals surface area contributed by atoms with E-state index in [1.165, 1.54) is 21.6 Å². The highest BCUT2D eigenvalue weighted by molar-refractivity contribution is 7.14. The van der Waals surface area contributed by atoms with Crippen molar-refractivity contribution >= 4 is 39.1 Å². The molecule has 0 aliphatic carbocycles. The third-order valence-electron chi connectivity index (χ3n) is 5.25. The average Bonchev–Trinajstić information content (AvgIpc) is 3.28. The van der Waals surface area contributed by atoms with Crippen molar-refractivity contribution in [2.45, 2.75) is 27.3 Å². The molecule has 2 aromatic carbocycles. The molecule has 0 atom stereocenters. The number of nitrogens with zero attached hydrogens (tertiary/aromatic N) is 3. The van der Waals surface area contributed by atoms with Crippen molar-refractivity contribution in [2.24, 2.45) is 0 Å². The van der Waals surface area contributed by atoms with E-state index in [0.29, 0.717) is 22.4 Å². The Hall–Kier alpha value is -3.85. The Kier molecular flexibility index (Phi) is 6.32. The van der Waals surface area contributed by atoms with E-state index in [4.69, 9.17) is 4.74 Å². The van der Waals surface area contributed by atoms with Gasteiger partial charge in [0.2, 0.25) is 0 Å². The SMILES string of the molecule is CCn1nc(C(=O)OCC(=O)Nc2nc(-c3ccc(C)c(C)c3)cs2)c2ccccc2c1=O. The van der Waals surface area contributed by atoms with E-state index in [0.717, 1.165) is 16.8 Å². The zero-order valence-electron chi connectivity index (χ0n) is 18.4. The molecule has 0 bridgehead atoms. The molecule has 0 fully saturated rings. The average molecular weight is 463 g/mol. The summed E-state index contributed by atoms with van der Waals surface area (Å²) in [6, 6.07) is 12.7. The van der Waals surface area contributed by atoms with E-state index >= 15 is 0 Å². The maximum atomic E-state index is 12.7. The standard InChI is InChI=1S/C24H22N4O4S/c1-4-28-22(30)18-8-6-5-7-17(18)21(27-28)23(31)32-12-20(29)26-24-25-19(13-33-24)16-10-9-14(2)15(3)11-16/h5-11,13H,4,12H2,1-3H3,(H,25,26,29). The van der Waals surface area contributed by atoms with Crippen LogP contribution in [-0.2, 0) is 16.1 Å². The largest absolute Gasteiger partial charge is 0.451 e. The van der Waals surface area contributed by atoms with Gasteiger partial charge in [-0.15, -0.1) is 11.3 Å². The van der Waals surface area contributed by atoms with Gasteiger partial charge in [-0.3, -0.25) is 14.9 Å². The lowest BCUT2D eigenvalue weighted by Gasteiger charge is -2.09.